The third-order valence-electron chi connectivity index (χ3n) is 4.45. The topological polar surface area (TPSA) is 29.1 Å². The molecule has 1 saturated heterocycles. The molecule has 0 saturated carbocycles. The number of rotatable bonds is 3. The minimum atomic E-state index is -0.179. The van der Waals surface area contributed by atoms with Gasteiger partial charge in [0.05, 0.1) is 0 Å². The minimum absolute atomic E-state index is 0.179. The van der Waals surface area contributed by atoms with Crippen molar-refractivity contribution >= 4 is 5.78 Å². The van der Waals surface area contributed by atoms with Gasteiger partial charge in [-0.05, 0) is 56.8 Å². The van der Waals surface area contributed by atoms with E-state index in [4.69, 9.17) is 0 Å². The molecule has 2 nitrogen and oxygen atoms in total. The molecule has 1 unspecified atom stereocenters. The summed E-state index contributed by atoms with van der Waals surface area (Å²) in [6.45, 7) is 10.3. The van der Waals surface area contributed by atoms with Crippen LogP contribution >= 0.6 is 0 Å². The Balaban J connectivity index is 2.19. The summed E-state index contributed by atoms with van der Waals surface area (Å²) in [5.74, 6) is 0.384. The van der Waals surface area contributed by atoms with E-state index in [1.807, 2.05) is 0 Å². The minimum Gasteiger partial charge on any atom is -0.316 e. The summed E-state index contributed by atoms with van der Waals surface area (Å²) < 4.78 is 0. The normalized spacial score (nSPS) is 23.4. The maximum Gasteiger partial charge on any atom is 0.144 e. The van der Waals surface area contributed by atoms with Gasteiger partial charge in [-0.3, -0.25) is 4.79 Å². The van der Waals surface area contributed by atoms with Crippen LogP contribution in [0.5, 0.6) is 0 Å². The molecule has 19 heavy (non-hydrogen) atoms. The summed E-state index contributed by atoms with van der Waals surface area (Å²) in [5, 5.41) is 3.36. The lowest BCUT2D eigenvalue weighted by molar-refractivity contribution is -0.128. The van der Waals surface area contributed by atoms with Gasteiger partial charge < -0.3 is 5.32 Å². The highest BCUT2D eigenvalue weighted by Gasteiger charge is 2.34. The number of hydrogen-bond donors (Lipinski definition) is 1. The Kier molecular flexibility index (Phi) is 4.10. The second-order valence-electron chi connectivity index (χ2n) is 6.32. The van der Waals surface area contributed by atoms with Gasteiger partial charge in [-0.1, -0.05) is 24.6 Å². The molecule has 1 aromatic rings. The van der Waals surface area contributed by atoms with Gasteiger partial charge in [-0.2, -0.15) is 0 Å². The van der Waals surface area contributed by atoms with Gasteiger partial charge in [-0.15, -0.1) is 0 Å². The first-order valence-electron chi connectivity index (χ1n) is 7.23. The van der Waals surface area contributed by atoms with Crippen molar-refractivity contribution in [3.05, 3.63) is 34.4 Å². The van der Waals surface area contributed by atoms with Gasteiger partial charge in [0.2, 0.25) is 0 Å². The lowest BCUT2D eigenvalue weighted by Crippen LogP contribution is -2.44. The number of ketones is 1. The van der Waals surface area contributed by atoms with Crippen LogP contribution in [0.1, 0.15) is 42.0 Å². The van der Waals surface area contributed by atoms with Crippen LogP contribution < -0.4 is 5.32 Å². The molecule has 1 heterocycles. The molecular formula is C17H25NO. The van der Waals surface area contributed by atoms with E-state index in [1.165, 1.54) is 22.3 Å². The van der Waals surface area contributed by atoms with E-state index in [0.717, 1.165) is 25.9 Å². The lowest BCUT2D eigenvalue weighted by Gasteiger charge is -2.33. The number of nitrogens with one attached hydrogen (secondary N) is 1. The van der Waals surface area contributed by atoms with Gasteiger partial charge in [0.25, 0.3) is 0 Å². The Hall–Kier alpha value is -1.15. The number of aryl methyl sites for hydroxylation is 3. The average Bonchev–Trinajstić information content (AvgIpc) is 2.34. The molecule has 104 valence electrons. The summed E-state index contributed by atoms with van der Waals surface area (Å²) in [7, 11) is 0. The highest BCUT2D eigenvalue weighted by Crippen LogP contribution is 2.29. The van der Waals surface area contributed by atoms with Gasteiger partial charge in [0.15, 0.2) is 0 Å². The largest absolute Gasteiger partial charge is 0.316 e. The summed E-state index contributed by atoms with van der Waals surface area (Å²) in [6.07, 6.45) is 2.70. The average molecular weight is 259 g/mol. The third-order valence-corrected chi connectivity index (χ3v) is 4.45. The Morgan fingerprint density at radius 2 is 1.89 bits per heavy atom. The number of carbonyl (C=O) groups excluding carboxylic acids is 1. The predicted octanol–water partition coefficient (Wildman–Crippen LogP) is 3.11. The first kappa shape index (κ1) is 14.3. The standard InChI is InChI=1S/C17H25NO/c1-12-8-13(2)15(14(3)9-12)10-16(19)17(4)6-5-7-18-11-17/h8-9,18H,5-7,10-11H2,1-4H3. The Bertz CT molecular complexity index is 461. The van der Waals surface area contributed by atoms with E-state index < -0.39 is 0 Å². The third kappa shape index (κ3) is 3.06. The smallest absolute Gasteiger partial charge is 0.144 e. The first-order chi connectivity index (χ1) is 8.92. The quantitative estimate of drug-likeness (QED) is 0.903. The monoisotopic (exact) mass is 259 g/mol. The molecule has 2 heteroatoms. The van der Waals surface area contributed by atoms with Crippen LogP contribution in [-0.2, 0) is 11.2 Å². The van der Waals surface area contributed by atoms with E-state index >= 15 is 0 Å². The molecule has 0 amide bonds. The fraction of sp³-hybridized carbons (Fsp3) is 0.588. The molecule has 1 N–H and O–H groups in total. The van der Waals surface area contributed by atoms with Crippen LogP contribution in [0.3, 0.4) is 0 Å². The number of hydrogen-bond acceptors (Lipinski definition) is 2. The molecule has 0 aliphatic carbocycles. The van der Waals surface area contributed by atoms with Gasteiger partial charge >= 0.3 is 0 Å². The van der Waals surface area contributed by atoms with Crippen LogP contribution in [0.2, 0.25) is 0 Å². The van der Waals surface area contributed by atoms with E-state index in [-0.39, 0.29) is 5.41 Å². The van der Waals surface area contributed by atoms with E-state index in [1.54, 1.807) is 0 Å². The summed E-state index contributed by atoms with van der Waals surface area (Å²) in [5.41, 5.74) is 4.82. The zero-order valence-corrected chi connectivity index (χ0v) is 12.6. The Labute approximate surface area is 116 Å². The maximum absolute atomic E-state index is 12.6. The molecule has 1 aromatic carbocycles. The Morgan fingerprint density at radius 3 is 2.42 bits per heavy atom. The number of benzene rings is 1. The molecule has 1 aliphatic rings. The van der Waals surface area contributed by atoms with Crippen molar-refractivity contribution in [2.75, 3.05) is 13.1 Å². The molecular weight excluding hydrogens is 234 g/mol. The zero-order valence-electron chi connectivity index (χ0n) is 12.6. The van der Waals surface area contributed by atoms with Gasteiger partial charge in [-0.25, -0.2) is 0 Å². The predicted molar refractivity (Wildman–Crippen MR) is 79.6 cm³/mol. The van der Waals surface area contributed by atoms with Crippen molar-refractivity contribution < 1.29 is 4.79 Å². The van der Waals surface area contributed by atoms with Crippen molar-refractivity contribution in [2.24, 2.45) is 5.41 Å². The highest BCUT2D eigenvalue weighted by molar-refractivity contribution is 5.87. The number of piperidine rings is 1. The van der Waals surface area contributed by atoms with Gasteiger partial charge in [0.1, 0.15) is 5.78 Å². The number of carbonyl (C=O) groups is 1. The molecule has 0 radical (unpaired) electrons. The molecule has 0 spiro atoms. The first-order valence-corrected chi connectivity index (χ1v) is 7.23. The lowest BCUT2D eigenvalue weighted by atomic mass is 9.76. The highest BCUT2D eigenvalue weighted by atomic mass is 16.1. The fourth-order valence-corrected chi connectivity index (χ4v) is 3.16. The van der Waals surface area contributed by atoms with E-state index in [0.29, 0.717) is 12.2 Å². The van der Waals surface area contributed by atoms with Crippen LogP contribution in [0, 0.1) is 26.2 Å². The second-order valence-corrected chi connectivity index (χ2v) is 6.32. The molecule has 0 aromatic heterocycles. The van der Waals surface area contributed by atoms with Crippen molar-refractivity contribution in [1.82, 2.24) is 5.32 Å². The molecule has 1 fully saturated rings. The van der Waals surface area contributed by atoms with E-state index in [2.05, 4.69) is 45.1 Å². The van der Waals surface area contributed by atoms with Crippen molar-refractivity contribution in [3.63, 3.8) is 0 Å². The second kappa shape index (κ2) is 5.46. The summed E-state index contributed by atoms with van der Waals surface area (Å²) in [4.78, 5) is 12.6. The van der Waals surface area contributed by atoms with Crippen molar-refractivity contribution in [2.45, 2.75) is 47.0 Å². The number of Topliss-reactive ketones (excluding diaryl/α,β-unsaturated/α-hetero) is 1. The van der Waals surface area contributed by atoms with Crippen LogP contribution in [0.15, 0.2) is 12.1 Å². The van der Waals surface area contributed by atoms with E-state index in [9.17, 15) is 4.79 Å². The maximum atomic E-state index is 12.6. The fourth-order valence-electron chi connectivity index (χ4n) is 3.16. The molecule has 2 rings (SSSR count). The van der Waals surface area contributed by atoms with Gasteiger partial charge in [0, 0.05) is 18.4 Å². The van der Waals surface area contributed by atoms with Crippen molar-refractivity contribution in [3.8, 4) is 0 Å². The van der Waals surface area contributed by atoms with Crippen LogP contribution in [-0.4, -0.2) is 18.9 Å². The van der Waals surface area contributed by atoms with Crippen LogP contribution in [0.4, 0.5) is 0 Å². The SMILES string of the molecule is Cc1cc(C)c(CC(=O)C2(C)CCCNC2)c(C)c1. The molecule has 1 atom stereocenters. The summed E-state index contributed by atoms with van der Waals surface area (Å²) >= 11 is 0. The zero-order chi connectivity index (χ0) is 14.0. The summed E-state index contributed by atoms with van der Waals surface area (Å²) in [6, 6.07) is 4.36. The van der Waals surface area contributed by atoms with Crippen LogP contribution in [0.25, 0.3) is 0 Å². The Morgan fingerprint density at radius 1 is 1.26 bits per heavy atom. The van der Waals surface area contributed by atoms with Crippen molar-refractivity contribution in [1.29, 1.82) is 0 Å². The molecule has 0 bridgehead atoms. The molecule has 1 aliphatic heterocycles.